The van der Waals surface area contributed by atoms with E-state index in [1.54, 1.807) is 7.05 Å². The van der Waals surface area contributed by atoms with E-state index in [-0.39, 0.29) is 35.5 Å². The van der Waals surface area contributed by atoms with E-state index in [2.05, 4.69) is 36.6 Å². The average Bonchev–Trinajstić information content (AvgIpc) is 3.35. The first-order chi connectivity index (χ1) is 16.9. The van der Waals surface area contributed by atoms with Gasteiger partial charge in [0.25, 0.3) is 5.91 Å². The number of carbonyl (C=O) groups is 4. The van der Waals surface area contributed by atoms with Crippen LogP contribution in [0, 0.1) is 17.3 Å². The number of benzene rings is 1. The summed E-state index contributed by atoms with van der Waals surface area (Å²) in [5, 5.41) is 6.06. The molecule has 2 aliphatic heterocycles. The van der Waals surface area contributed by atoms with Gasteiger partial charge < -0.3 is 15.1 Å². The molecule has 0 radical (unpaired) electrons. The lowest BCUT2D eigenvalue weighted by atomic mass is 9.70. The number of urea groups is 1. The fourth-order valence-electron chi connectivity index (χ4n) is 6.24. The zero-order valence-corrected chi connectivity index (χ0v) is 22.5. The molecule has 2 unspecified atom stereocenters. The minimum absolute atomic E-state index is 0.0698. The number of hydrogen-bond donors (Lipinski definition) is 2. The van der Waals surface area contributed by atoms with Crippen LogP contribution in [0.1, 0.15) is 64.9 Å². The molecule has 2 N–H and O–H groups in total. The molecule has 3 fully saturated rings. The molecule has 196 valence electrons. The predicted molar refractivity (Wildman–Crippen MR) is 137 cm³/mol. The van der Waals surface area contributed by atoms with Crippen LogP contribution in [-0.4, -0.2) is 65.3 Å². The molecule has 8 nitrogen and oxygen atoms in total. The molecule has 1 saturated carbocycles. The molecule has 1 spiro atoms. The van der Waals surface area contributed by atoms with E-state index in [0.29, 0.717) is 36.9 Å². The molecule has 4 atom stereocenters. The van der Waals surface area contributed by atoms with Crippen molar-refractivity contribution in [2.75, 3.05) is 20.1 Å². The Morgan fingerprint density at radius 3 is 2.36 bits per heavy atom. The van der Waals surface area contributed by atoms with Crippen molar-refractivity contribution in [2.45, 2.75) is 70.9 Å². The Morgan fingerprint density at radius 1 is 1.14 bits per heavy atom. The van der Waals surface area contributed by atoms with Crippen LogP contribution < -0.4 is 10.6 Å². The number of nitrogens with zero attached hydrogens (tertiary/aromatic N) is 2. The summed E-state index contributed by atoms with van der Waals surface area (Å²) in [5.41, 5.74) is 0.113. The van der Waals surface area contributed by atoms with E-state index in [9.17, 15) is 19.2 Å². The number of hydrogen-bond acceptors (Lipinski definition) is 4. The van der Waals surface area contributed by atoms with Crippen LogP contribution in [0.2, 0.25) is 5.02 Å². The van der Waals surface area contributed by atoms with Crippen LogP contribution in [0.15, 0.2) is 24.3 Å². The third-order valence-corrected chi connectivity index (χ3v) is 8.75. The molecule has 4 rings (SSSR count). The van der Waals surface area contributed by atoms with E-state index in [1.165, 1.54) is 10.5 Å². The van der Waals surface area contributed by atoms with E-state index in [1.807, 2.05) is 30.9 Å². The number of halogens is 1. The van der Waals surface area contributed by atoms with Gasteiger partial charge >= 0.3 is 6.03 Å². The second kappa shape index (κ2) is 9.69. The molecule has 1 aliphatic carbocycles. The zero-order chi connectivity index (χ0) is 26.4. The maximum atomic E-state index is 13.6. The van der Waals surface area contributed by atoms with Crippen LogP contribution in [0.5, 0.6) is 0 Å². The summed E-state index contributed by atoms with van der Waals surface area (Å²) in [6.07, 6.45) is 2.03. The third-order valence-electron chi connectivity index (χ3n) is 8.49. The first-order valence-corrected chi connectivity index (χ1v) is 13.2. The predicted octanol–water partition coefficient (Wildman–Crippen LogP) is 3.54. The Labute approximate surface area is 218 Å². The van der Waals surface area contributed by atoms with Gasteiger partial charge in [-0.15, -0.1) is 0 Å². The lowest BCUT2D eigenvalue weighted by Gasteiger charge is -2.46. The number of amides is 5. The van der Waals surface area contributed by atoms with Crippen LogP contribution in [0.3, 0.4) is 0 Å². The van der Waals surface area contributed by atoms with Gasteiger partial charge in [-0.1, -0.05) is 51.4 Å². The van der Waals surface area contributed by atoms with Crippen molar-refractivity contribution < 1.29 is 19.2 Å². The largest absolute Gasteiger partial charge is 0.344 e. The standard InChI is InChI=1S/C27H37ClN4O4/c1-16(2)21(29-22(33)18-10-12-27(14-18)24(35)30-25(36)31(27)5)23(34)32-13-11-20(26(3,4)15-32)17-6-8-19(28)9-7-17/h6-9,16,18,20-21H,10-15H2,1-5H3,(H,29,33)(H,30,35,36)/t18-,20?,21-,27?/m1/s1. The monoisotopic (exact) mass is 516 g/mol. The van der Waals surface area contributed by atoms with Gasteiger partial charge in [-0.25, -0.2) is 4.79 Å². The van der Waals surface area contributed by atoms with E-state index < -0.39 is 23.5 Å². The quantitative estimate of drug-likeness (QED) is 0.585. The number of rotatable bonds is 5. The van der Waals surface area contributed by atoms with Crippen molar-refractivity contribution in [3.63, 3.8) is 0 Å². The number of nitrogens with one attached hydrogen (secondary N) is 2. The van der Waals surface area contributed by atoms with Crippen molar-refractivity contribution in [1.82, 2.24) is 20.4 Å². The molecular formula is C27H37ClN4O4. The highest BCUT2D eigenvalue weighted by Crippen LogP contribution is 2.43. The third kappa shape index (κ3) is 4.72. The summed E-state index contributed by atoms with van der Waals surface area (Å²) >= 11 is 6.07. The van der Waals surface area contributed by atoms with Gasteiger partial charge in [0, 0.05) is 31.1 Å². The molecule has 1 aromatic rings. The number of imide groups is 1. The van der Waals surface area contributed by atoms with Gasteiger partial charge in [0.05, 0.1) is 0 Å². The number of carbonyl (C=O) groups excluding carboxylic acids is 4. The fraction of sp³-hybridized carbons (Fsp3) is 0.630. The molecule has 2 saturated heterocycles. The van der Waals surface area contributed by atoms with Crippen LogP contribution in [-0.2, 0) is 14.4 Å². The van der Waals surface area contributed by atoms with E-state index >= 15 is 0 Å². The first-order valence-electron chi connectivity index (χ1n) is 12.8. The lowest BCUT2D eigenvalue weighted by molar-refractivity contribution is -0.141. The van der Waals surface area contributed by atoms with Crippen molar-refractivity contribution in [3.8, 4) is 0 Å². The van der Waals surface area contributed by atoms with Gasteiger partial charge in [0.1, 0.15) is 11.6 Å². The maximum Gasteiger partial charge on any atom is 0.324 e. The Kier molecular flexibility index (Phi) is 7.12. The summed E-state index contributed by atoms with van der Waals surface area (Å²) in [4.78, 5) is 54.6. The Hall–Kier alpha value is -2.61. The zero-order valence-electron chi connectivity index (χ0n) is 21.8. The Bertz CT molecular complexity index is 1060. The van der Waals surface area contributed by atoms with Crippen LogP contribution >= 0.6 is 11.6 Å². The molecular weight excluding hydrogens is 480 g/mol. The molecule has 1 aromatic carbocycles. The molecule has 5 amide bonds. The Morgan fingerprint density at radius 2 is 1.81 bits per heavy atom. The molecule has 3 aliphatic rings. The lowest BCUT2D eigenvalue weighted by Crippen LogP contribution is -2.56. The second-order valence-electron chi connectivity index (χ2n) is 11.7. The smallest absolute Gasteiger partial charge is 0.324 e. The normalized spacial score (nSPS) is 28.5. The molecule has 0 bridgehead atoms. The van der Waals surface area contributed by atoms with Gasteiger partial charge in [-0.3, -0.25) is 19.7 Å². The summed E-state index contributed by atoms with van der Waals surface area (Å²) in [6, 6.07) is 6.87. The van der Waals surface area contributed by atoms with Crippen molar-refractivity contribution in [3.05, 3.63) is 34.9 Å². The molecule has 9 heteroatoms. The highest BCUT2D eigenvalue weighted by atomic mass is 35.5. The maximum absolute atomic E-state index is 13.6. The van der Waals surface area contributed by atoms with Gasteiger partial charge in [0.2, 0.25) is 11.8 Å². The Balaban J connectivity index is 1.42. The minimum Gasteiger partial charge on any atom is -0.344 e. The highest BCUT2D eigenvalue weighted by Gasteiger charge is 2.56. The van der Waals surface area contributed by atoms with Gasteiger partial charge in [-0.2, -0.15) is 0 Å². The number of likely N-dealkylation sites (tertiary alicyclic amines) is 1. The van der Waals surface area contributed by atoms with E-state index in [4.69, 9.17) is 11.6 Å². The van der Waals surface area contributed by atoms with Gasteiger partial charge in [-0.05, 0) is 60.6 Å². The average molecular weight is 517 g/mol. The second-order valence-corrected chi connectivity index (χ2v) is 12.1. The van der Waals surface area contributed by atoms with Crippen molar-refractivity contribution in [2.24, 2.45) is 17.3 Å². The SMILES string of the molecule is CC(C)[C@@H](NC(=O)[C@@H]1CCC2(C1)C(=O)NC(=O)N2C)C(=O)N1CCC(c2ccc(Cl)cc2)C(C)(C)C1. The minimum atomic E-state index is -0.968. The van der Waals surface area contributed by atoms with Crippen molar-refractivity contribution >= 4 is 35.4 Å². The fourth-order valence-corrected chi connectivity index (χ4v) is 6.37. The number of piperidine rings is 1. The summed E-state index contributed by atoms with van der Waals surface area (Å²) in [7, 11) is 1.59. The summed E-state index contributed by atoms with van der Waals surface area (Å²) < 4.78 is 0. The van der Waals surface area contributed by atoms with E-state index in [0.717, 1.165) is 6.42 Å². The molecule has 36 heavy (non-hydrogen) atoms. The number of likely N-dealkylation sites (N-methyl/N-ethyl adjacent to an activating group) is 1. The van der Waals surface area contributed by atoms with Crippen LogP contribution in [0.25, 0.3) is 0 Å². The summed E-state index contributed by atoms with van der Waals surface area (Å²) in [6.45, 7) is 9.43. The summed E-state index contributed by atoms with van der Waals surface area (Å²) in [5.74, 6) is -0.849. The van der Waals surface area contributed by atoms with Crippen molar-refractivity contribution in [1.29, 1.82) is 0 Å². The highest BCUT2D eigenvalue weighted by molar-refractivity contribution is 6.30. The molecule has 0 aromatic heterocycles. The molecule has 2 heterocycles. The van der Waals surface area contributed by atoms with Crippen LogP contribution in [0.4, 0.5) is 4.79 Å². The topological polar surface area (TPSA) is 98.8 Å². The van der Waals surface area contributed by atoms with Gasteiger partial charge in [0.15, 0.2) is 0 Å². The first kappa shape index (κ1) is 26.5.